The number of anilines is 2. The maximum absolute atomic E-state index is 12.6. The molecule has 7 nitrogen and oxygen atoms in total. The molecule has 0 aliphatic carbocycles. The van der Waals surface area contributed by atoms with Crippen molar-refractivity contribution in [2.75, 3.05) is 28.7 Å². The average Bonchev–Trinajstić information content (AvgIpc) is 2.72. The van der Waals surface area contributed by atoms with E-state index in [-0.39, 0.29) is 29.2 Å². The van der Waals surface area contributed by atoms with Gasteiger partial charge in [0, 0.05) is 13.5 Å². The van der Waals surface area contributed by atoms with Crippen molar-refractivity contribution in [1.29, 1.82) is 0 Å². The van der Waals surface area contributed by atoms with Crippen molar-refractivity contribution in [1.82, 2.24) is 0 Å². The Morgan fingerprint density at radius 1 is 1.07 bits per heavy atom. The first-order valence-corrected chi connectivity index (χ1v) is 11.6. The minimum absolute atomic E-state index is 0.0166. The molecule has 160 valence electrons. The predicted octanol–water partition coefficient (Wildman–Crippen LogP) is 3.87. The molecule has 1 aliphatic heterocycles. The lowest BCUT2D eigenvalue weighted by Crippen LogP contribution is -2.51. The summed E-state index contributed by atoms with van der Waals surface area (Å²) in [6, 6.07) is 11.9. The van der Waals surface area contributed by atoms with Gasteiger partial charge in [-0.05, 0) is 49.2 Å². The summed E-state index contributed by atoms with van der Waals surface area (Å²) >= 11 is 0. The Hall–Kier alpha value is -2.87. The molecular weight excluding hydrogens is 404 g/mol. The predicted molar refractivity (Wildman–Crippen MR) is 117 cm³/mol. The van der Waals surface area contributed by atoms with E-state index in [0.29, 0.717) is 23.5 Å². The molecule has 30 heavy (non-hydrogen) atoms. The van der Waals surface area contributed by atoms with Crippen LogP contribution < -0.4 is 9.80 Å². The fourth-order valence-electron chi connectivity index (χ4n) is 3.69. The summed E-state index contributed by atoms with van der Waals surface area (Å²) in [7, 11) is -3.34. The lowest BCUT2D eigenvalue weighted by atomic mass is 10.0. The summed E-state index contributed by atoms with van der Waals surface area (Å²) in [6.07, 6.45) is -0.478. The van der Waals surface area contributed by atoms with E-state index >= 15 is 0 Å². The molecular formula is C22H26N2O5S. The van der Waals surface area contributed by atoms with Crippen LogP contribution in [0, 0.1) is 0 Å². The van der Waals surface area contributed by atoms with Gasteiger partial charge in [-0.3, -0.25) is 9.69 Å². The van der Waals surface area contributed by atoms with Gasteiger partial charge in [-0.1, -0.05) is 25.1 Å². The molecule has 2 amide bonds. The van der Waals surface area contributed by atoms with Crippen molar-refractivity contribution in [3.05, 3.63) is 42.5 Å². The number of benzene rings is 2. The fraction of sp³-hybridized carbons (Fsp3) is 0.364. The van der Waals surface area contributed by atoms with Crippen LogP contribution >= 0.6 is 0 Å². The second kappa shape index (κ2) is 8.47. The van der Waals surface area contributed by atoms with Crippen LogP contribution in [0.4, 0.5) is 16.2 Å². The summed E-state index contributed by atoms with van der Waals surface area (Å²) in [4.78, 5) is 28.3. The van der Waals surface area contributed by atoms with E-state index in [2.05, 4.69) is 0 Å². The second-order valence-electron chi connectivity index (χ2n) is 7.18. The maximum atomic E-state index is 12.6. The standard InChI is InChI=1S/C22H26N2O5S/c1-5-29-22(26)23-14-15(3)24(16(4)25)20-11-10-18(13-21(20)23)17-8-7-9-19(12-17)30(27,28)6-2/h7-13,15H,5-6,14H2,1-4H3/t15-/m0/s1. The smallest absolute Gasteiger partial charge is 0.414 e. The number of ether oxygens (including phenoxy) is 1. The zero-order valence-corrected chi connectivity index (χ0v) is 18.4. The third-order valence-electron chi connectivity index (χ3n) is 5.15. The molecule has 2 aromatic rings. The van der Waals surface area contributed by atoms with Gasteiger partial charge >= 0.3 is 6.09 Å². The first kappa shape index (κ1) is 21.8. The molecule has 8 heteroatoms. The van der Waals surface area contributed by atoms with E-state index in [9.17, 15) is 18.0 Å². The molecule has 1 atom stereocenters. The molecule has 1 aliphatic rings. The quantitative estimate of drug-likeness (QED) is 0.735. The Labute approximate surface area is 177 Å². The molecule has 2 aromatic carbocycles. The van der Waals surface area contributed by atoms with Crippen molar-refractivity contribution in [2.24, 2.45) is 0 Å². The van der Waals surface area contributed by atoms with Crippen molar-refractivity contribution in [3.8, 4) is 11.1 Å². The number of sulfone groups is 1. The number of nitrogens with zero attached hydrogens (tertiary/aromatic N) is 2. The van der Waals surface area contributed by atoms with Crippen LogP contribution in [-0.4, -0.2) is 45.4 Å². The minimum Gasteiger partial charge on any atom is -0.449 e. The van der Waals surface area contributed by atoms with E-state index in [4.69, 9.17) is 4.74 Å². The first-order chi connectivity index (χ1) is 14.2. The minimum atomic E-state index is -3.34. The molecule has 1 heterocycles. The summed E-state index contributed by atoms with van der Waals surface area (Å²) in [5, 5.41) is 0. The van der Waals surface area contributed by atoms with Crippen LogP contribution in [0.25, 0.3) is 11.1 Å². The number of rotatable bonds is 4. The molecule has 3 rings (SSSR count). The van der Waals surface area contributed by atoms with Crippen molar-refractivity contribution in [3.63, 3.8) is 0 Å². The second-order valence-corrected chi connectivity index (χ2v) is 9.46. The van der Waals surface area contributed by atoms with Gasteiger partial charge in [0.25, 0.3) is 0 Å². The van der Waals surface area contributed by atoms with Crippen molar-refractivity contribution < 1.29 is 22.7 Å². The Kier molecular flexibility index (Phi) is 6.17. The van der Waals surface area contributed by atoms with E-state index in [0.717, 1.165) is 5.56 Å². The Morgan fingerprint density at radius 3 is 2.40 bits per heavy atom. The number of carbonyl (C=O) groups excluding carboxylic acids is 2. The summed E-state index contributed by atoms with van der Waals surface area (Å²) in [5.74, 6) is -0.0982. The van der Waals surface area contributed by atoms with Gasteiger partial charge in [0.15, 0.2) is 9.84 Å². The van der Waals surface area contributed by atoms with Crippen LogP contribution in [0.5, 0.6) is 0 Å². The van der Waals surface area contributed by atoms with E-state index in [1.54, 1.807) is 49.1 Å². The molecule has 0 radical (unpaired) electrons. The maximum Gasteiger partial charge on any atom is 0.414 e. The van der Waals surface area contributed by atoms with Crippen molar-refractivity contribution in [2.45, 2.75) is 38.6 Å². The highest BCUT2D eigenvalue weighted by atomic mass is 32.2. The van der Waals surface area contributed by atoms with E-state index in [1.807, 2.05) is 19.1 Å². The van der Waals surface area contributed by atoms with Crippen molar-refractivity contribution >= 4 is 33.2 Å². The van der Waals surface area contributed by atoms with Gasteiger partial charge < -0.3 is 9.64 Å². The average molecular weight is 431 g/mol. The summed E-state index contributed by atoms with van der Waals surface area (Å²) in [5.41, 5.74) is 2.64. The topological polar surface area (TPSA) is 84.0 Å². The van der Waals surface area contributed by atoms with Gasteiger partial charge in [-0.25, -0.2) is 13.2 Å². The first-order valence-electron chi connectivity index (χ1n) is 9.91. The van der Waals surface area contributed by atoms with Gasteiger partial charge in [-0.15, -0.1) is 0 Å². The zero-order valence-electron chi connectivity index (χ0n) is 17.6. The lowest BCUT2D eigenvalue weighted by Gasteiger charge is -2.40. The molecule has 0 bridgehead atoms. The summed E-state index contributed by atoms with van der Waals surface area (Å²) in [6.45, 7) is 7.27. The zero-order chi connectivity index (χ0) is 22.1. The van der Waals surface area contributed by atoms with Crippen LogP contribution in [0.15, 0.2) is 47.4 Å². The normalized spacial score (nSPS) is 16.2. The van der Waals surface area contributed by atoms with Gasteiger partial charge in [-0.2, -0.15) is 0 Å². The van der Waals surface area contributed by atoms with E-state index in [1.165, 1.54) is 11.8 Å². The molecule has 0 spiro atoms. The van der Waals surface area contributed by atoms with Crippen LogP contribution in [0.2, 0.25) is 0 Å². The molecule has 0 unspecified atom stereocenters. The largest absolute Gasteiger partial charge is 0.449 e. The van der Waals surface area contributed by atoms with Crippen LogP contribution in [0.3, 0.4) is 0 Å². The van der Waals surface area contributed by atoms with Gasteiger partial charge in [0.1, 0.15) is 0 Å². The number of hydrogen-bond acceptors (Lipinski definition) is 5. The van der Waals surface area contributed by atoms with Gasteiger partial charge in [0.2, 0.25) is 5.91 Å². The lowest BCUT2D eigenvalue weighted by molar-refractivity contribution is -0.117. The number of amides is 2. The Bertz CT molecular complexity index is 1080. The Morgan fingerprint density at radius 2 is 1.77 bits per heavy atom. The highest BCUT2D eigenvalue weighted by Crippen LogP contribution is 2.39. The third-order valence-corrected chi connectivity index (χ3v) is 6.88. The van der Waals surface area contributed by atoms with Crippen LogP contribution in [-0.2, 0) is 19.4 Å². The number of carbonyl (C=O) groups is 2. The SMILES string of the molecule is CCOC(=O)N1C[C@H](C)N(C(C)=O)c2ccc(-c3cccc(S(=O)(=O)CC)c3)cc21. The molecule has 0 aromatic heterocycles. The van der Waals surface area contributed by atoms with Gasteiger partial charge in [0.05, 0.1) is 34.7 Å². The van der Waals surface area contributed by atoms with E-state index < -0.39 is 15.9 Å². The third kappa shape index (κ3) is 4.05. The van der Waals surface area contributed by atoms with Crippen LogP contribution in [0.1, 0.15) is 27.7 Å². The monoisotopic (exact) mass is 430 g/mol. The fourth-order valence-corrected chi connectivity index (χ4v) is 4.62. The molecule has 0 fully saturated rings. The number of hydrogen-bond donors (Lipinski definition) is 0. The summed E-state index contributed by atoms with van der Waals surface area (Å²) < 4.78 is 29.8. The molecule has 0 saturated heterocycles. The Balaban J connectivity index is 2.14. The number of fused-ring (bicyclic) bond motifs is 1. The molecule has 0 saturated carbocycles. The highest BCUT2D eigenvalue weighted by molar-refractivity contribution is 7.91. The molecule has 0 N–H and O–H groups in total. The highest BCUT2D eigenvalue weighted by Gasteiger charge is 2.34.